The molecule has 7 aromatic rings. The van der Waals surface area contributed by atoms with E-state index in [4.69, 9.17) is 9.97 Å². The molecule has 0 fully saturated rings. The van der Waals surface area contributed by atoms with Crippen LogP contribution in [0.25, 0.3) is 90.9 Å². The van der Waals surface area contributed by atoms with Crippen molar-refractivity contribution in [3.63, 3.8) is 0 Å². The average Bonchev–Trinajstić information content (AvgIpc) is 4.34. The lowest BCUT2D eigenvalue weighted by atomic mass is 10.0. The molecule has 2 aliphatic rings. The number of H-pyrrole nitrogens is 2. The fourth-order valence-corrected chi connectivity index (χ4v) is 14.8. The molecule has 404 valence electrons. The number of nitrogens with zero attached hydrogens (tertiary/aromatic N) is 2. The molecule has 79 heavy (non-hydrogen) atoms. The van der Waals surface area contributed by atoms with Gasteiger partial charge in [-0.15, -0.1) is 0 Å². The summed E-state index contributed by atoms with van der Waals surface area (Å²) in [6.45, 7) is 26.7. The third-order valence-electron chi connectivity index (χ3n) is 14.5. The molecule has 17 heteroatoms. The van der Waals surface area contributed by atoms with E-state index in [2.05, 4.69) is 131 Å². The van der Waals surface area contributed by atoms with Gasteiger partial charge in [-0.2, -0.15) is 12.6 Å². The third kappa shape index (κ3) is 11.7. The van der Waals surface area contributed by atoms with Crippen molar-refractivity contribution >= 4 is 136 Å². The van der Waals surface area contributed by atoms with Gasteiger partial charge in [0.2, 0.25) is 0 Å². The summed E-state index contributed by atoms with van der Waals surface area (Å²) < 4.78 is 0. The van der Waals surface area contributed by atoms with Crippen LogP contribution in [0.2, 0.25) is 78.6 Å². The molecule has 3 aromatic heterocycles. The number of nitrogens with one attached hydrogen (secondary N) is 3. The molecule has 12 nitrogen and oxygen atoms in total. The maximum atomic E-state index is 14.0. The monoisotopic (exact) mass is 1140 g/mol. The average molecular weight is 1140 g/mol. The zero-order chi connectivity index (χ0) is 57.3. The summed E-state index contributed by atoms with van der Waals surface area (Å²) in [7, 11) is -8.54. The highest BCUT2D eigenvalue weighted by molar-refractivity contribution is 7.80. The van der Waals surface area contributed by atoms with Crippen molar-refractivity contribution in [2.45, 2.75) is 78.6 Å². The van der Waals surface area contributed by atoms with E-state index >= 15 is 0 Å². The molecule has 5 heterocycles. The first-order valence-electron chi connectivity index (χ1n) is 26.4. The maximum Gasteiger partial charge on any atom is 0.335 e. The number of fused-ring (bicyclic) bond motifs is 8. The first-order valence-corrected chi connectivity index (χ1v) is 41.0. The number of aromatic nitrogens is 4. The fourth-order valence-electron chi connectivity index (χ4n) is 10.0. The van der Waals surface area contributed by atoms with E-state index in [1.54, 1.807) is 36.4 Å². The van der Waals surface area contributed by atoms with Crippen LogP contribution in [-0.4, -0.2) is 104 Å². The van der Waals surface area contributed by atoms with Gasteiger partial charge in [-0.1, -0.05) is 130 Å². The molecular formula is C62H67N5O7SSi4. The number of aromatic amines is 2. The molecule has 0 aliphatic carbocycles. The van der Waals surface area contributed by atoms with E-state index in [0.29, 0.717) is 102 Å². The summed E-state index contributed by atoms with van der Waals surface area (Å²) in [6.07, 6.45) is 7.73. The number of aromatic carboxylic acids is 3. The summed E-state index contributed by atoms with van der Waals surface area (Å²) in [6, 6.07) is 30.5. The normalized spacial score (nSPS) is 12.7. The molecule has 0 atom stereocenters. The van der Waals surface area contributed by atoms with E-state index in [9.17, 15) is 34.5 Å². The van der Waals surface area contributed by atoms with Crippen molar-refractivity contribution in [1.29, 1.82) is 0 Å². The molecular weight excluding hydrogens is 1070 g/mol. The minimum Gasteiger partial charge on any atom is -0.478 e. The first kappa shape index (κ1) is 56.3. The Hall–Kier alpha value is -7.42. The smallest absolute Gasteiger partial charge is 0.335 e. The Bertz CT molecular complexity index is 3890. The van der Waals surface area contributed by atoms with Gasteiger partial charge in [-0.25, -0.2) is 24.4 Å². The maximum absolute atomic E-state index is 14.0. The zero-order valence-corrected chi connectivity index (χ0v) is 51.7. The van der Waals surface area contributed by atoms with E-state index < -0.39 is 50.2 Å². The van der Waals surface area contributed by atoms with Crippen molar-refractivity contribution < 1.29 is 34.5 Å². The van der Waals surface area contributed by atoms with Crippen molar-refractivity contribution in [3.05, 3.63) is 142 Å². The van der Waals surface area contributed by atoms with Gasteiger partial charge in [0.15, 0.2) is 0 Å². The van der Waals surface area contributed by atoms with Gasteiger partial charge < -0.3 is 30.6 Å². The number of carbonyl (C=O) groups is 4. The summed E-state index contributed by atoms with van der Waals surface area (Å²) in [5, 5.41) is 38.8. The van der Waals surface area contributed by atoms with E-state index in [1.807, 2.05) is 60.7 Å². The minimum atomic E-state index is -2.14. The number of benzene rings is 4. The lowest BCUT2D eigenvalue weighted by Gasteiger charge is -2.20. The van der Waals surface area contributed by atoms with Crippen LogP contribution in [0, 0.1) is 0 Å². The predicted molar refractivity (Wildman–Crippen MR) is 340 cm³/mol. The number of thiol groups is 1. The number of hydrogen-bond donors (Lipinski definition) is 7. The second kappa shape index (κ2) is 21.0. The Morgan fingerprint density at radius 1 is 0.418 bits per heavy atom. The molecule has 0 radical (unpaired) electrons. The SMILES string of the molecule is C[Si](C)(C)c1cc(C(=O)O)cc(-c2c3nc(c(-c4cc(C(=O)O)cc([Si](C)(C)C)c4)c4ccc([nH]4)c(-c4cc(C(=O)NCCS)cc([Si](C)(C)C)c4)c4nc(c(-c5cc(C(=O)O)cc([Si](C)(C)C)c5)c5ccc2[nH]5)C=C4)C=C3)c1. The molecule has 9 rings (SSSR count). The topological polar surface area (TPSA) is 198 Å². The predicted octanol–water partition coefficient (Wildman–Crippen LogP) is 12.3. The molecule has 0 spiro atoms. The Morgan fingerprint density at radius 2 is 0.671 bits per heavy atom. The number of rotatable bonds is 14. The van der Waals surface area contributed by atoms with Crippen LogP contribution in [0.1, 0.15) is 64.2 Å². The molecule has 0 saturated heterocycles. The van der Waals surface area contributed by atoms with E-state index in [1.165, 1.54) is 0 Å². The minimum absolute atomic E-state index is 0.140. The first-order chi connectivity index (χ1) is 37.0. The fraction of sp³-hybridized carbons (Fsp3) is 0.226. The van der Waals surface area contributed by atoms with E-state index in [-0.39, 0.29) is 22.6 Å². The Morgan fingerprint density at radius 3 is 0.911 bits per heavy atom. The van der Waals surface area contributed by atoms with Crippen LogP contribution >= 0.6 is 12.6 Å². The highest BCUT2D eigenvalue weighted by Crippen LogP contribution is 2.39. The quantitative estimate of drug-likeness (QED) is 0.0409. The van der Waals surface area contributed by atoms with Crippen LogP contribution in [0.15, 0.2) is 97.1 Å². The van der Waals surface area contributed by atoms with Gasteiger partial charge in [0.05, 0.1) is 71.8 Å². The van der Waals surface area contributed by atoms with Gasteiger partial charge in [0.25, 0.3) is 5.91 Å². The number of carboxylic acid groups (broad SMARTS) is 3. The highest BCUT2D eigenvalue weighted by atomic mass is 32.1. The van der Waals surface area contributed by atoms with Crippen molar-refractivity contribution in [2.24, 2.45) is 0 Å². The lowest BCUT2D eigenvalue weighted by molar-refractivity contribution is 0.0686. The Labute approximate surface area is 470 Å². The van der Waals surface area contributed by atoms with Gasteiger partial charge in [-0.3, -0.25) is 4.79 Å². The lowest BCUT2D eigenvalue weighted by Crippen LogP contribution is -2.38. The summed E-state index contributed by atoms with van der Waals surface area (Å²) in [5.41, 5.74) is 11.0. The molecule has 8 bridgehead atoms. The van der Waals surface area contributed by atoms with Crippen molar-refractivity contribution in [3.8, 4) is 44.5 Å². The summed E-state index contributed by atoms with van der Waals surface area (Å²) >= 11 is 4.37. The largest absolute Gasteiger partial charge is 0.478 e. The molecule has 0 unspecified atom stereocenters. The van der Waals surface area contributed by atoms with Crippen LogP contribution < -0.4 is 26.1 Å². The zero-order valence-electron chi connectivity index (χ0n) is 46.8. The Balaban J connectivity index is 1.54. The molecule has 6 N–H and O–H groups in total. The van der Waals surface area contributed by atoms with Crippen LogP contribution in [0.5, 0.6) is 0 Å². The third-order valence-corrected chi connectivity index (χ3v) is 22.8. The van der Waals surface area contributed by atoms with Crippen molar-refractivity contribution in [1.82, 2.24) is 25.3 Å². The molecule has 1 amide bonds. The number of hydrogen-bond acceptors (Lipinski definition) is 7. The van der Waals surface area contributed by atoms with Crippen LogP contribution in [0.3, 0.4) is 0 Å². The number of carboxylic acids is 3. The second-order valence-electron chi connectivity index (χ2n) is 24.6. The van der Waals surface area contributed by atoms with Gasteiger partial charge >= 0.3 is 17.9 Å². The number of amides is 1. The standard InChI is InChI=1S/C62H67N5O7SSi4/c1-76(2,3)43-27-35(23-39(31-43)59(68)63-21-22-75)55-47-13-15-49(64-47)56(36-24-40(60(69)70)32-44(28-36)77(4,5)6)51-17-19-53(66-51)58(38-26-42(62(73)74)34-46(30-38)79(10,11)12)54-20-18-52(67-54)57(50-16-14-48(55)65-50)37-25-41(61(71)72)33-45(29-37)78(7,8)9/h13-20,23-34,64,67,75H,21-22H2,1-12H3,(H,63,68)(H,69,70)(H,71,72)(H,73,74). The summed E-state index contributed by atoms with van der Waals surface area (Å²) in [5.74, 6) is -2.93. The van der Waals surface area contributed by atoms with Gasteiger partial charge in [-0.05, 0) is 113 Å². The van der Waals surface area contributed by atoms with Crippen LogP contribution in [-0.2, 0) is 0 Å². The molecule has 4 aromatic carbocycles. The molecule has 0 saturated carbocycles. The summed E-state index contributed by atoms with van der Waals surface area (Å²) in [4.78, 5) is 71.6. The molecule has 2 aliphatic heterocycles. The second-order valence-corrected chi connectivity index (χ2v) is 45.4. The Kier molecular flexibility index (Phi) is 15.0. The van der Waals surface area contributed by atoms with E-state index in [0.717, 1.165) is 26.3 Å². The van der Waals surface area contributed by atoms with Crippen molar-refractivity contribution in [2.75, 3.05) is 12.3 Å². The van der Waals surface area contributed by atoms with Crippen LogP contribution in [0.4, 0.5) is 0 Å². The van der Waals surface area contributed by atoms with Gasteiger partial charge in [0.1, 0.15) is 0 Å². The number of carbonyl (C=O) groups excluding carboxylic acids is 1. The van der Waals surface area contributed by atoms with Gasteiger partial charge in [0, 0.05) is 62.2 Å². The highest BCUT2D eigenvalue weighted by Gasteiger charge is 2.28.